The summed E-state index contributed by atoms with van der Waals surface area (Å²) >= 11 is 3.50. The van der Waals surface area contributed by atoms with E-state index in [4.69, 9.17) is 9.47 Å². The average molecular weight is 391 g/mol. The summed E-state index contributed by atoms with van der Waals surface area (Å²) in [7, 11) is 1.56. The molecule has 5 nitrogen and oxygen atoms in total. The maximum Gasteiger partial charge on any atom is 0.266 e. The zero-order valence-corrected chi connectivity index (χ0v) is 15.7. The smallest absolute Gasteiger partial charge is 0.266 e. The van der Waals surface area contributed by atoms with E-state index in [0.717, 1.165) is 0 Å². The van der Waals surface area contributed by atoms with Crippen LogP contribution in [-0.2, 0) is 0 Å². The van der Waals surface area contributed by atoms with Crippen LogP contribution in [0.5, 0.6) is 11.5 Å². The number of benzene rings is 1. The van der Waals surface area contributed by atoms with Crippen LogP contribution < -0.4 is 15.0 Å². The van der Waals surface area contributed by atoms with Crippen molar-refractivity contribution in [2.75, 3.05) is 13.7 Å². The molecule has 0 fully saturated rings. The average Bonchev–Trinajstić information content (AvgIpc) is 2.52. The lowest BCUT2D eigenvalue weighted by atomic mass is 10.0. The highest BCUT2D eigenvalue weighted by atomic mass is 79.9. The summed E-state index contributed by atoms with van der Waals surface area (Å²) in [6.45, 7) is 6.46. The number of hydrogen-bond acceptors (Lipinski definition) is 4. The molecule has 0 aliphatic carbocycles. The van der Waals surface area contributed by atoms with Crippen LogP contribution >= 0.6 is 15.9 Å². The van der Waals surface area contributed by atoms with Crippen LogP contribution in [0, 0.1) is 24.2 Å². The monoisotopic (exact) mass is 390 g/mol. The zero-order valence-electron chi connectivity index (χ0n) is 14.1. The van der Waals surface area contributed by atoms with E-state index >= 15 is 0 Å². The van der Waals surface area contributed by atoms with E-state index in [1.807, 2.05) is 12.1 Å². The minimum atomic E-state index is -0.400. The number of nitrogens with one attached hydrogen (secondary N) is 1. The SMILES string of the molecule is COc1cc(-c2cc(C)[nH]c(=O)c2C#N)cc(Br)c1OCC(C)C. The topological polar surface area (TPSA) is 75.1 Å². The van der Waals surface area contributed by atoms with Crippen molar-refractivity contribution >= 4 is 15.9 Å². The minimum Gasteiger partial charge on any atom is -0.493 e. The molecule has 0 radical (unpaired) electrons. The molecule has 0 unspecified atom stereocenters. The molecular formula is C18H19BrN2O3. The number of pyridine rings is 1. The Morgan fingerprint density at radius 1 is 1.33 bits per heavy atom. The van der Waals surface area contributed by atoms with Gasteiger partial charge < -0.3 is 14.5 Å². The van der Waals surface area contributed by atoms with E-state index < -0.39 is 5.56 Å². The van der Waals surface area contributed by atoms with Gasteiger partial charge in [-0.2, -0.15) is 5.26 Å². The number of aromatic nitrogens is 1. The Balaban J connectivity index is 2.60. The molecule has 0 aliphatic heterocycles. The number of H-pyrrole nitrogens is 1. The fourth-order valence-corrected chi connectivity index (χ4v) is 2.85. The highest BCUT2D eigenvalue weighted by Crippen LogP contribution is 2.40. The molecule has 1 aromatic carbocycles. The summed E-state index contributed by atoms with van der Waals surface area (Å²) in [4.78, 5) is 14.6. The van der Waals surface area contributed by atoms with E-state index in [2.05, 4.69) is 34.8 Å². The molecule has 0 spiro atoms. The number of nitrogens with zero attached hydrogens (tertiary/aromatic N) is 1. The quantitative estimate of drug-likeness (QED) is 0.835. The molecule has 1 N–H and O–H groups in total. The van der Waals surface area contributed by atoms with Gasteiger partial charge in [0.05, 0.1) is 18.2 Å². The maximum absolute atomic E-state index is 12.0. The first-order valence-electron chi connectivity index (χ1n) is 7.52. The predicted octanol–water partition coefficient (Wildman–Crippen LogP) is 4.03. The van der Waals surface area contributed by atoms with Crippen molar-refractivity contribution in [2.24, 2.45) is 5.92 Å². The number of aromatic amines is 1. The Bertz CT molecular complexity index is 851. The normalized spacial score (nSPS) is 10.5. The second-order valence-electron chi connectivity index (χ2n) is 5.88. The molecule has 1 heterocycles. The number of hydrogen-bond donors (Lipinski definition) is 1. The molecule has 0 saturated carbocycles. The van der Waals surface area contributed by atoms with Crippen molar-refractivity contribution < 1.29 is 9.47 Å². The van der Waals surface area contributed by atoms with Crippen molar-refractivity contribution in [3.8, 4) is 28.7 Å². The van der Waals surface area contributed by atoms with Gasteiger partial charge in [-0.3, -0.25) is 4.79 Å². The number of halogens is 1. The number of ether oxygens (including phenoxy) is 2. The van der Waals surface area contributed by atoms with E-state index in [-0.39, 0.29) is 5.56 Å². The van der Waals surface area contributed by atoms with E-state index in [9.17, 15) is 10.1 Å². The summed E-state index contributed by atoms with van der Waals surface area (Å²) in [5.74, 6) is 1.53. The first-order valence-corrected chi connectivity index (χ1v) is 8.31. The number of aryl methyl sites for hydroxylation is 1. The highest BCUT2D eigenvalue weighted by Gasteiger charge is 2.17. The number of nitriles is 1. The van der Waals surface area contributed by atoms with Crippen molar-refractivity contribution in [1.29, 1.82) is 5.26 Å². The van der Waals surface area contributed by atoms with Crippen molar-refractivity contribution in [3.05, 3.63) is 44.3 Å². The second-order valence-corrected chi connectivity index (χ2v) is 6.73. The summed E-state index contributed by atoms with van der Waals surface area (Å²) in [6.07, 6.45) is 0. The molecule has 2 rings (SSSR count). The van der Waals surface area contributed by atoms with Crippen molar-refractivity contribution in [3.63, 3.8) is 0 Å². The molecule has 0 aliphatic rings. The summed E-state index contributed by atoms with van der Waals surface area (Å²) in [6, 6.07) is 7.34. The van der Waals surface area contributed by atoms with Gasteiger partial charge in [0.25, 0.3) is 5.56 Å². The van der Waals surface area contributed by atoms with Gasteiger partial charge in [0.1, 0.15) is 11.6 Å². The highest BCUT2D eigenvalue weighted by molar-refractivity contribution is 9.10. The third-order valence-corrected chi connectivity index (χ3v) is 3.97. The van der Waals surface area contributed by atoms with Gasteiger partial charge in [-0.25, -0.2) is 0 Å². The summed E-state index contributed by atoms with van der Waals surface area (Å²) in [5.41, 5.74) is 1.63. The zero-order chi connectivity index (χ0) is 17.9. The molecular weight excluding hydrogens is 372 g/mol. The van der Waals surface area contributed by atoms with Crippen LogP contribution in [0.25, 0.3) is 11.1 Å². The summed E-state index contributed by atoms with van der Waals surface area (Å²) < 4.78 is 11.9. The molecule has 1 aromatic heterocycles. The van der Waals surface area contributed by atoms with Gasteiger partial charge >= 0.3 is 0 Å². The Morgan fingerprint density at radius 3 is 2.62 bits per heavy atom. The molecule has 0 bridgehead atoms. The van der Waals surface area contributed by atoms with Gasteiger partial charge in [0.2, 0.25) is 0 Å². The van der Waals surface area contributed by atoms with E-state index in [1.165, 1.54) is 0 Å². The van der Waals surface area contributed by atoms with Crippen LogP contribution in [0.1, 0.15) is 25.1 Å². The van der Waals surface area contributed by atoms with Crippen LogP contribution in [0.2, 0.25) is 0 Å². The molecule has 0 atom stereocenters. The molecule has 6 heteroatoms. The summed E-state index contributed by atoms with van der Waals surface area (Å²) in [5, 5.41) is 9.31. The van der Waals surface area contributed by atoms with Crippen LogP contribution in [0.4, 0.5) is 0 Å². The van der Waals surface area contributed by atoms with Gasteiger partial charge in [-0.1, -0.05) is 13.8 Å². The number of methoxy groups -OCH3 is 1. The molecule has 0 saturated heterocycles. The third-order valence-electron chi connectivity index (χ3n) is 3.38. The Morgan fingerprint density at radius 2 is 2.04 bits per heavy atom. The minimum absolute atomic E-state index is 0.0744. The Hall–Kier alpha value is -2.26. The lowest BCUT2D eigenvalue weighted by Gasteiger charge is -2.16. The van der Waals surface area contributed by atoms with E-state index in [0.29, 0.717) is 45.3 Å². The Labute approximate surface area is 149 Å². The van der Waals surface area contributed by atoms with Crippen molar-refractivity contribution in [2.45, 2.75) is 20.8 Å². The lowest BCUT2D eigenvalue weighted by Crippen LogP contribution is -2.12. The molecule has 126 valence electrons. The van der Waals surface area contributed by atoms with Crippen molar-refractivity contribution in [1.82, 2.24) is 4.98 Å². The van der Waals surface area contributed by atoms with Crippen LogP contribution in [0.15, 0.2) is 27.5 Å². The van der Waals surface area contributed by atoms with Crippen LogP contribution in [0.3, 0.4) is 0 Å². The van der Waals surface area contributed by atoms with Gasteiger partial charge in [-0.15, -0.1) is 0 Å². The largest absolute Gasteiger partial charge is 0.493 e. The predicted molar refractivity (Wildman–Crippen MR) is 96.5 cm³/mol. The first-order chi connectivity index (χ1) is 11.4. The van der Waals surface area contributed by atoms with Gasteiger partial charge in [0, 0.05) is 11.3 Å². The second kappa shape index (κ2) is 7.54. The molecule has 24 heavy (non-hydrogen) atoms. The van der Waals surface area contributed by atoms with Gasteiger partial charge in [0.15, 0.2) is 11.5 Å². The lowest BCUT2D eigenvalue weighted by molar-refractivity contribution is 0.255. The fraction of sp³-hybridized carbons (Fsp3) is 0.333. The molecule has 0 amide bonds. The number of rotatable bonds is 5. The van der Waals surface area contributed by atoms with E-state index in [1.54, 1.807) is 26.2 Å². The first kappa shape index (κ1) is 18.1. The third kappa shape index (κ3) is 3.80. The Kier molecular flexibility index (Phi) is 5.68. The fourth-order valence-electron chi connectivity index (χ4n) is 2.29. The van der Waals surface area contributed by atoms with Crippen LogP contribution in [-0.4, -0.2) is 18.7 Å². The maximum atomic E-state index is 12.0. The van der Waals surface area contributed by atoms with Gasteiger partial charge in [-0.05, 0) is 52.5 Å². The molecule has 2 aromatic rings. The standard InChI is InChI=1S/C18H19BrN2O3/c1-10(2)9-24-17-15(19)6-12(7-16(17)23-4)13-5-11(3)21-18(22)14(13)8-20/h5-7,10H,9H2,1-4H3,(H,21,22).